The summed E-state index contributed by atoms with van der Waals surface area (Å²) >= 11 is 6.35. The number of hydrogen-bond donors (Lipinski definition) is 0. The van der Waals surface area contributed by atoms with E-state index in [1.165, 1.54) is 37.7 Å². The third-order valence-corrected chi connectivity index (χ3v) is 3.69. The van der Waals surface area contributed by atoms with Crippen molar-refractivity contribution in [2.24, 2.45) is 5.92 Å². The maximum Gasteiger partial charge on any atom is 0.0367 e. The minimum atomic E-state index is 0.408. The number of rotatable bonds is 3. The van der Waals surface area contributed by atoms with Gasteiger partial charge in [0, 0.05) is 5.38 Å². The summed E-state index contributed by atoms with van der Waals surface area (Å²) in [5.41, 5.74) is 1.37. The van der Waals surface area contributed by atoms with E-state index >= 15 is 0 Å². The van der Waals surface area contributed by atoms with Gasteiger partial charge in [-0.15, -0.1) is 11.6 Å². The van der Waals surface area contributed by atoms with Crippen molar-refractivity contribution in [3.63, 3.8) is 0 Å². The third kappa shape index (κ3) is 3.72. The van der Waals surface area contributed by atoms with Crippen molar-refractivity contribution in [3.8, 4) is 0 Å². The molecule has 0 amide bonds. The first-order valence-corrected chi connectivity index (χ1v) is 5.98. The van der Waals surface area contributed by atoms with E-state index in [9.17, 15) is 0 Å². The Hall–Kier alpha value is 0.0300. The van der Waals surface area contributed by atoms with Crippen LogP contribution in [0.3, 0.4) is 0 Å². The third-order valence-electron chi connectivity index (χ3n) is 3.12. The fourth-order valence-electron chi connectivity index (χ4n) is 2.08. The number of allylic oxidation sites excluding steroid dienone is 1. The molecule has 0 radical (unpaired) electrons. The Morgan fingerprint density at radius 2 is 2.00 bits per heavy atom. The molecule has 1 rings (SSSR count). The Morgan fingerprint density at radius 3 is 2.69 bits per heavy atom. The van der Waals surface area contributed by atoms with Gasteiger partial charge in [-0.1, -0.05) is 38.3 Å². The Bertz CT molecular complexity index is 163. The number of halogens is 1. The summed E-state index contributed by atoms with van der Waals surface area (Å²) in [5, 5.41) is 0.408. The Balaban J connectivity index is 2.40. The summed E-state index contributed by atoms with van der Waals surface area (Å²) in [6.45, 7) is 6.26. The van der Waals surface area contributed by atoms with Crippen LogP contribution in [-0.4, -0.2) is 5.38 Å². The molecular weight excluding hydrogens is 180 g/mol. The van der Waals surface area contributed by atoms with Crippen LogP contribution in [0.1, 0.15) is 51.9 Å². The van der Waals surface area contributed by atoms with Crippen molar-refractivity contribution in [2.75, 3.05) is 0 Å². The molecule has 0 spiro atoms. The van der Waals surface area contributed by atoms with Gasteiger partial charge in [0.25, 0.3) is 0 Å². The standard InChI is InChI=1S/C12H21Cl/c1-3-10(2)9-11-7-5-4-6-8-12(11)13/h11-12H,2-9H2,1H3. The molecule has 1 aliphatic rings. The normalized spacial score (nSPS) is 29.7. The Kier molecular flexibility index (Phi) is 4.87. The van der Waals surface area contributed by atoms with Gasteiger partial charge in [0.1, 0.15) is 0 Å². The maximum atomic E-state index is 6.35. The van der Waals surface area contributed by atoms with Crippen LogP contribution in [0, 0.1) is 5.92 Å². The second kappa shape index (κ2) is 5.70. The van der Waals surface area contributed by atoms with E-state index in [2.05, 4.69) is 13.5 Å². The topological polar surface area (TPSA) is 0 Å². The summed E-state index contributed by atoms with van der Waals surface area (Å²) < 4.78 is 0. The maximum absolute atomic E-state index is 6.35. The van der Waals surface area contributed by atoms with Crippen LogP contribution in [-0.2, 0) is 0 Å². The monoisotopic (exact) mass is 200 g/mol. The van der Waals surface area contributed by atoms with Gasteiger partial charge in [-0.05, 0) is 31.6 Å². The van der Waals surface area contributed by atoms with E-state index in [4.69, 9.17) is 11.6 Å². The van der Waals surface area contributed by atoms with E-state index in [1.807, 2.05) is 0 Å². The van der Waals surface area contributed by atoms with Crippen molar-refractivity contribution >= 4 is 11.6 Å². The van der Waals surface area contributed by atoms with Crippen LogP contribution >= 0.6 is 11.6 Å². The molecule has 2 atom stereocenters. The molecule has 13 heavy (non-hydrogen) atoms. The molecule has 0 heterocycles. The van der Waals surface area contributed by atoms with E-state index in [0.717, 1.165) is 12.8 Å². The lowest BCUT2D eigenvalue weighted by molar-refractivity contribution is 0.460. The molecule has 0 aromatic heterocycles. The fourth-order valence-corrected chi connectivity index (χ4v) is 2.45. The minimum absolute atomic E-state index is 0.408. The summed E-state index contributed by atoms with van der Waals surface area (Å²) in [4.78, 5) is 0. The zero-order valence-corrected chi connectivity index (χ0v) is 9.45. The average molecular weight is 201 g/mol. The fraction of sp³-hybridized carbons (Fsp3) is 0.833. The van der Waals surface area contributed by atoms with Gasteiger partial charge in [-0.3, -0.25) is 0 Å². The van der Waals surface area contributed by atoms with Crippen LogP contribution in [0.15, 0.2) is 12.2 Å². The highest BCUT2D eigenvalue weighted by Gasteiger charge is 2.21. The predicted molar refractivity (Wildman–Crippen MR) is 60.3 cm³/mol. The lowest BCUT2D eigenvalue weighted by Crippen LogP contribution is -2.13. The summed E-state index contributed by atoms with van der Waals surface area (Å²) in [6, 6.07) is 0. The molecule has 0 saturated heterocycles. The van der Waals surface area contributed by atoms with Gasteiger partial charge >= 0.3 is 0 Å². The van der Waals surface area contributed by atoms with Crippen molar-refractivity contribution in [1.29, 1.82) is 0 Å². The van der Waals surface area contributed by atoms with E-state index in [0.29, 0.717) is 11.3 Å². The van der Waals surface area contributed by atoms with Crippen LogP contribution in [0.5, 0.6) is 0 Å². The Labute approximate surface area is 87.4 Å². The predicted octanol–water partition coefficient (Wildman–Crippen LogP) is 4.53. The molecule has 0 N–H and O–H groups in total. The van der Waals surface area contributed by atoms with Gasteiger partial charge in [0.15, 0.2) is 0 Å². The first-order valence-electron chi connectivity index (χ1n) is 5.54. The van der Waals surface area contributed by atoms with Crippen LogP contribution in [0.2, 0.25) is 0 Å². The molecule has 1 saturated carbocycles. The van der Waals surface area contributed by atoms with E-state index < -0.39 is 0 Å². The van der Waals surface area contributed by atoms with Crippen LogP contribution in [0.25, 0.3) is 0 Å². The van der Waals surface area contributed by atoms with E-state index in [1.54, 1.807) is 0 Å². The second-order valence-corrected chi connectivity index (χ2v) is 4.78. The highest BCUT2D eigenvalue weighted by Crippen LogP contribution is 2.32. The zero-order chi connectivity index (χ0) is 9.68. The van der Waals surface area contributed by atoms with Gasteiger partial charge < -0.3 is 0 Å². The van der Waals surface area contributed by atoms with Gasteiger partial charge in [0.2, 0.25) is 0 Å². The summed E-state index contributed by atoms with van der Waals surface area (Å²) in [7, 11) is 0. The molecular formula is C12H21Cl. The molecule has 0 aromatic rings. The first-order chi connectivity index (χ1) is 6.24. The summed E-state index contributed by atoms with van der Waals surface area (Å²) in [6.07, 6.45) is 8.85. The number of hydrogen-bond acceptors (Lipinski definition) is 0. The highest BCUT2D eigenvalue weighted by atomic mass is 35.5. The molecule has 0 aliphatic heterocycles. The lowest BCUT2D eigenvalue weighted by Gasteiger charge is -2.20. The minimum Gasteiger partial charge on any atom is -0.123 e. The highest BCUT2D eigenvalue weighted by molar-refractivity contribution is 6.20. The molecule has 2 unspecified atom stereocenters. The van der Waals surface area contributed by atoms with Gasteiger partial charge in [-0.25, -0.2) is 0 Å². The van der Waals surface area contributed by atoms with Gasteiger partial charge in [-0.2, -0.15) is 0 Å². The number of alkyl halides is 1. The quantitative estimate of drug-likeness (QED) is 0.357. The average Bonchev–Trinajstić information content (AvgIpc) is 2.32. The van der Waals surface area contributed by atoms with Crippen LogP contribution in [0.4, 0.5) is 0 Å². The Morgan fingerprint density at radius 1 is 1.31 bits per heavy atom. The first kappa shape index (κ1) is 11.1. The van der Waals surface area contributed by atoms with Crippen molar-refractivity contribution in [3.05, 3.63) is 12.2 Å². The molecule has 76 valence electrons. The lowest BCUT2D eigenvalue weighted by atomic mass is 9.92. The van der Waals surface area contributed by atoms with Crippen molar-refractivity contribution in [2.45, 2.75) is 57.2 Å². The second-order valence-electron chi connectivity index (χ2n) is 4.22. The molecule has 0 bridgehead atoms. The molecule has 1 fully saturated rings. The van der Waals surface area contributed by atoms with Crippen molar-refractivity contribution < 1.29 is 0 Å². The van der Waals surface area contributed by atoms with Crippen molar-refractivity contribution in [1.82, 2.24) is 0 Å². The molecule has 0 nitrogen and oxygen atoms in total. The van der Waals surface area contributed by atoms with Crippen LogP contribution < -0.4 is 0 Å². The SMILES string of the molecule is C=C(CC)CC1CCCCCC1Cl. The largest absolute Gasteiger partial charge is 0.123 e. The summed E-state index contributed by atoms with van der Waals surface area (Å²) in [5.74, 6) is 0.705. The van der Waals surface area contributed by atoms with Gasteiger partial charge in [0.05, 0.1) is 0 Å². The zero-order valence-electron chi connectivity index (χ0n) is 8.69. The molecule has 0 aromatic carbocycles. The molecule has 1 heteroatoms. The smallest absolute Gasteiger partial charge is 0.0367 e. The molecule has 1 aliphatic carbocycles. The van der Waals surface area contributed by atoms with E-state index in [-0.39, 0.29) is 0 Å².